The fourth-order valence-electron chi connectivity index (χ4n) is 1.38. The van der Waals surface area contributed by atoms with Gasteiger partial charge in [-0.1, -0.05) is 11.6 Å². The Morgan fingerprint density at radius 3 is 2.83 bits per heavy atom. The first-order chi connectivity index (χ1) is 8.58. The minimum Gasteiger partial charge on any atom is -0.398 e. The number of hydrogen-bond acceptors (Lipinski definition) is 3. The third-order valence-electron chi connectivity index (χ3n) is 2.27. The molecule has 2 aromatic rings. The van der Waals surface area contributed by atoms with Gasteiger partial charge < -0.3 is 11.1 Å². The van der Waals surface area contributed by atoms with Gasteiger partial charge in [0.2, 0.25) is 0 Å². The third kappa shape index (κ3) is 2.80. The van der Waals surface area contributed by atoms with Gasteiger partial charge in [-0.05, 0) is 40.2 Å². The maximum Gasteiger partial charge on any atom is 0.257 e. The maximum atomic E-state index is 12.0. The minimum atomic E-state index is -0.302. The summed E-state index contributed by atoms with van der Waals surface area (Å²) in [4.78, 5) is 15.8. The summed E-state index contributed by atoms with van der Waals surface area (Å²) >= 11 is 9.17. The zero-order valence-corrected chi connectivity index (χ0v) is 11.5. The first-order valence-electron chi connectivity index (χ1n) is 5.04. The summed E-state index contributed by atoms with van der Waals surface area (Å²) in [6, 6.07) is 6.73. The molecule has 3 N–H and O–H groups in total. The van der Waals surface area contributed by atoms with Crippen molar-refractivity contribution >= 4 is 44.8 Å². The van der Waals surface area contributed by atoms with Crippen molar-refractivity contribution in [1.82, 2.24) is 4.98 Å². The van der Waals surface area contributed by atoms with Gasteiger partial charge in [-0.2, -0.15) is 0 Å². The van der Waals surface area contributed by atoms with Gasteiger partial charge in [0.1, 0.15) is 0 Å². The molecular formula is C12H9BrClN3O. The van der Waals surface area contributed by atoms with Crippen LogP contribution in [0.3, 0.4) is 0 Å². The van der Waals surface area contributed by atoms with Crippen LogP contribution in [0, 0.1) is 0 Å². The second-order valence-electron chi connectivity index (χ2n) is 3.55. The number of nitrogens with two attached hydrogens (primary N) is 1. The van der Waals surface area contributed by atoms with E-state index in [1.807, 2.05) is 0 Å². The molecule has 0 radical (unpaired) electrons. The molecule has 1 aromatic heterocycles. The van der Waals surface area contributed by atoms with Crippen LogP contribution in [-0.4, -0.2) is 10.9 Å². The normalized spacial score (nSPS) is 10.1. The second-order valence-corrected chi connectivity index (χ2v) is 4.81. The Morgan fingerprint density at radius 2 is 2.17 bits per heavy atom. The Labute approximate surface area is 117 Å². The lowest BCUT2D eigenvalue weighted by Gasteiger charge is -2.07. The van der Waals surface area contributed by atoms with Crippen LogP contribution in [0.1, 0.15) is 10.4 Å². The van der Waals surface area contributed by atoms with Crippen molar-refractivity contribution in [3.8, 4) is 0 Å². The molecule has 4 nitrogen and oxygen atoms in total. The van der Waals surface area contributed by atoms with E-state index in [4.69, 9.17) is 17.3 Å². The van der Waals surface area contributed by atoms with Crippen LogP contribution in [0.15, 0.2) is 41.1 Å². The monoisotopic (exact) mass is 325 g/mol. The number of amides is 1. The largest absolute Gasteiger partial charge is 0.398 e. The average Bonchev–Trinajstić information content (AvgIpc) is 2.34. The van der Waals surface area contributed by atoms with Crippen LogP contribution in [0.25, 0.3) is 0 Å². The van der Waals surface area contributed by atoms with Gasteiger partial charge in [0.25, 0.3) is 5.91 Å². The topological polar surface area (TPSA) is 68.0 Å². The Morgan fingerprint density at radius 1 is 1.39 bits per heavy atom. The van der Waals surface area contributed by atoms with Gasteiger partial charge in [-0.3, -0.25) is 9.78 Å². The summed E-state index contributed by atoms with van der Waals surface area (Å²) in [5.41, 5.74) is 7.25. The van der Waals surface area contributed by atoms with Crippen LogP contribution in [-0.2, 0) is 0 Å². The molecule has 0 bridgehead atoms. The highest BCUT2D eigenvalue weighted by molar-refractivity contribution is 9.10. The molecule has 92 valence electrons. The Bertz CT molecular complexity index is 604. The van der Waals surface area contributed by atoms with Crippen molar-refractivity contribution in [3.05, 3.63) is 51.7 Å². The van der Waals surface area contributed by atoms with Crippen LogP contribution in [0.2, 0.25) is 5.02 Å². The van der Waals surface area contributed by atoms with E-state index in [9.17, 15) is 4.79 Å². The first-order valence-corrected chi connectivity index (χ1v) is 6.21. The fourth-order valence-corrected chi connectivity index (χ4v) is 1.83. The molecular weight excluding hydrogens is 318 g/mol. The number of pyridine rings is 1. The number of nitrogen functional groups attached to an aromatic ring is 1. The van der Waals surface area contributed by atoms with Crippen LogP contribution < -0.4 is 11.1 Å². The van der Waals surface area contributed by atoms with E-state index in [-0.39, 0.29) is 5.91 Å². The molecule has 0 fully saturated rings. The molecule has 0 aliphatic heterocycles. The van der Waals surface area contributed by atoms with Crippen molar-refractivity contribution in [3.63, 3.8) is 0 Å². The fraction of sp³-hybridized carbons (Fsp3) is 0. The highest BCUT2D eigenvalue weighted by atomic mass is 79.9. The molecule has 1 aromatic carbocycles. The number of nitrogens with one attached hydrogen (secondary N) is 1. The van der Waals surface area contributed by atoms with E-state index in [0.29, 0.717) is 22.0 Å². The zero-order chi connectivity index (χ0) is 13.1. The molecule has 0 aliphatic rings. The quantitative estimate of drug-likeness (QED) is 0.832. The summed E-state index contributed by atoms with van der Waals surface area (Å²) in [5, 5.41) is 3.02. The predicted octanol–water partition coefficient (Wildman–Crippen LogP) is 3.33. The molecule has 18 heavy (non-hydrogen) atoms. The average molecular weight is 327 g/mol. The third-order valence-corrected chi connectivity index (χ3v) is 3.29. The number of halogens is 2. The molecule has 0 unspecified atom stereocenters. The van der Waals surface area contributed by atoms with Crippen molar-refractivity contribution in [2.45, 2.75) is 0 Å². The molecule has 0 saturated carbocycles. The Balaban J connectivity index is 2.22. The number of rotatable bonds is 2. The van der Waals surface area contributed by atoms with E-state index in [1.165, 1.54) is 12.4 Å². The molecule has 6 heteroatoms. The highest BCUT2D eigenvalue weighted by Gasteiger charge is 2.10. The molecule has 1 amide bonds. The van der Waals surface area contributed by atoms with E-state index in [1.54, 1.807) is 24.3 Å². The first kappa shape index (κ1) is 12.9. The SMILES string of the molecule is Nc1cc(NC(=O)c2ccncc2Cl)ccc1Br. The number of hydrogen-bond donors (Lipinski definition) is 2. The Kier molecular flexibility index (Phi) is 3.84. The predicted molar refractivity (Wildman–Crippen MR) is 75.8 cm³/mol. The van der Waals surface area contributed by atoms with Gasteiger partial charge in [0, 0.05) is 28.2 Å². The van der Waals surface area contributed by atoms with Crippen LogP contribution in [0.4, 0.5) is 11.4 Å². The lowest BCUT2D eigenvalue weighted by Crippen LogP contribution is -2.12. The summed E-state index contributed by atoms with van der Waals surface area (Å²) < 4.78 is 0.780. The number of nitrogens with zero attached hydrogens (tertiary/aromatic N) is 1. The van der Waals surface area contributed by atoms with E-state index < -0.39 is 0 Å². The van der Waals surface area contributed by atoms with E-state index in [2.05, 4.69) is 26.2 Å². The Hall–Kier alpha value is -1.59. The van der Waals surface area contributed by atoms with Gasteiger partial charge >= 0.3 is 0 Å². The van der Waals surface area contributed by atoms with Crippen molar-refractivity contribution in [2.75, 3.05) is 11.1 Å². The lowest BCUT2D eigenvalue weighted by molar-refractivity contribution is 0.102. The number of aromatic nitrogens is 1. The van der Waals surface area contributed by atoms with Crippen molar-refractivity contribution in [1.29, 1.82) is 0 Å². The van der Waals surface area contributed by atoms with Crippen LogP contribution in [0.5, 0.6) is 0 Å². The number of carbonyl (C=O) groups excluding carboxylic acids is 1. The lowest BCUT2D eigenvalue weighted by atomic mass is 10.2. The van der Waals surface area contributed by atoms with Crippen molar-refractivity contribution in [2.24, 2.45) is 0 Å². The van der Waals surface area contributed by atoms with Crippen molar-refractivity contribution < 1.29 is 4.79 Å². The standard InChI is InChI=1S/C12H9BrClN3O/c13-9-2-1-7(5-11(9)15)17-12(18)8-3-4-16-6-10(8)14/h1-6H,15H2,(H,17,18). The molecule has 0 atom stereocenters. The highest BCUT2D eigenvalue weighted by Crippen LogP contribution is 2.23. The molecule has 0 saturated heterocycles. The zero-order valence-electron chi connectivity index (χ0n) is 9.15. The summed E-state index contributed by atoms with van der Waals surface area (Å²) in [6.45, 7) is 0. The maximum absolute atomic E-state index is 12.0. The molecule has 0 aliphatic carbocycles. The molecule has 1 heterocycles. The molecule has 0 spiro atoms. The van der Waals surface area contributed by atoms with Gasteiger partial charge in [-0.25, -0.2) is 0 Å². The van der Waals surface area contributed by atoms with Crippen LogP contribution >= 0.6 is 27.5 Å². The van der Waals surface area contributed by atoms with E-state index in [0.717, 1.165) is 4.47 Å². The second kappa shape index (κ2) is 5.37. The van der Waals surface area contributed by atoms with Gasteiger partial charge in [0.05, 0.1) is 10.6 Å². The summed E-state index contributed by atoms with van der Waals surface area (Å²) in [7, 11) is 0. The smallest absolute Gasteiger partial charge is 0.257 e. The number of anilines is 2. The summed E-state index contributed by atoms with van der Waals surface area (Å²) in [6.07, 6.45) is 2.93. The van der Waals surface area contributed by atoms with Gasteiger partial charge in [0.15, 0.2) is 0 Å². The minimum absolute atomic E-state index is 0.302. The van der Waals surface area contributed by atoms with Gasteiger partial charge in [-0.15, -0.1) is 0 Å². The van der Waals surface area contributed by atoms with E-state index >= 15 is 0 Å². The number of carbonyl (C=O) groups is 1. The number of benzene rings is 1. The molecule has 2 rings (SSSR count). The summed E-state index contributed by atoms with van der Waals surface area (Å²) in [5.74, 6) is -0.302.